The van der Waals surface area contributed by atoms with Crippen LogP contribution in [0.15, 0.2) is 28.7 Å². The maximum absolute atomic E-state index is 13.6. The molecule has 0 aliphatic carbocycles. The summed E-state index contributed by atoms with van der Waals surface area (Å²) in [6.45, 7) is 9.47. The molecule has 1 aromatic heterocycles. The highest BCUT2D eigenvalue weighted by Crippen LogP contribution is 2.28. The molecule has 0 spiro atoms. The zero-order valence-electron chi connectivity index (χ0n) is 12.1. The van der Waals surface area contributed by atoms with Crippen LogP contribution in [0.4, 0.5) is 4.39 Å². The first-order valence-corrected chi connectivity index (χ1v) is 6.80. The van der Waals surface area contributed by atoms with Gasteiger partial charge in [-0.25, -0.2) is 4.39 Å². The molecule has 0 aliphatic rings. The predicted octanol–water partition coefficient (Wildman–Crippen LogP) is 4.45. The molecule has 0 aliphatic heterocycles. The molecule has 19 heavy (non-hydrogen) atoms. The fourth-order valence-electron chi connectivity index (χ4n) is 2.10. The Bertz CT molecular complexity index is 553. The first-order chi connectivity index (χ1) is 8.87. The Morgan fingerprint density at radius 1 is 1.32 bits per heavy atom. The van der Waals surface area contributed by atoms with Gasteiger partial charge >= 0.3 is 0 Å². The summed E-state index contributed by atoms with van der Waals surface area (Å²) in [7, 11) is 0. The van der Waals surface area contributed by atoms with Gasteiger partial charge in [0.1, 0.15) is 5.76 Å². The van der Waals surface area contributed by atoms with Gasteiger partial charge in [0, 0.05) is 16.8 Å². The van der Waals surface area contributed by atoms with Crippen molar-refractivity contribution in [2.24, 2.45) is 0 Å². The average Bonchev–Trinajstić information content (AvgIpc) is 2.72. The maximum Gasteiger partial charge on any atom is 0.169 e. The van der Waals surface area contributed by atoms with Crippen LogP contribution in [0.25, 0.3) is 11.0 Å². The van der Waals surface area contributed by atoms with Crippen molar-refractivity contribution < 1.29 is 8.81 Å². The SMILES string of the molecule is CC(CCNC(C)(C)C)c1cc2cccc(F)c2o1. The number of hydrogen-bond donors (Lipinski definition) is 1. The molecule has 1 heterocycles. The molecule has 1 unspecified atom stereocenters. The lowest BCUT2D eigenvalue weighted by atomic mass is 10.0. The lowest BCUT2D eigenvalue weighted by Crippen LogP contribution is -2.36. The van der Waals surface area contributed by atoms with Crippen LogP contribution in [-0.4, -0.2) is 12.1 Å². The summed E-state index contributed by atoms with van der Waals surface area (Å²) in [4.78, 5) is 0. The Morgan fingerprint density at radius 2 is 2.05 bits per heavy atom. The van der Waals surface area contributed by atoms with Gasteiger partial charge in [-0.3, -0.25) is 0 Å². The zero-order valence-corrected chi connectivity index (χ0v) is 12.1. The number of nitrogens with one attached hydrogen (secondary N) is 1. The molecule has 2 nitrogen and oxygen atoms in total. The normalized spacial score (nSPS) is 13.9. The van der Waals surface area contributed by atoms with Crippen molar-refractivity contribution >= 4 is 11.0 Å². The molecule has 0 saturated heterocycles. The van der Waals surface area contributed by atoms with Gasteiger partial charge in [0.2, 0.25) is 0 Å². The van der Waals surface area contributed by atoms with Gasteiger partial charge in [-0.1, -0.05) is 19.1 Å². The lowest BCUT2D eigenvalue weighted by molar-refractivity contribution is 0.399. The highest BCUT2D eigenvalue weighted by molar-refractivity contribution is 5.78. The van der Waals surface area contributed by atoms with Crippen LogP contribution in [-0.2, 0) is 0 Å². The van der Waals surface area contributed by atoms with E-state index in [4.69, 9.17) is 4.42 Å². The maximum atomic E-state index is 13.6. The molecule has 2 rings (SSSR count). The van der Waals surface area contributed by atoms with Crippen molar-refractivity contribution in [3.63, 3.8) is 0 Å². The van der Waals surface area contributed by atoms with Crippen LogP contribution >= 0.6 is 0 Å². The minimum atomic E-state index is -0.288. The standard InChI is InChI=1S/C16H22FNO/c1-11(8-9-18-16(2,3)4)14-10-12-6-5-7-13(17)15(12)19-14/h5-7,10-11,18H,8-9H2,1-4H3. The van der Waals surface area contributed by atoms with Crippen LogP contribution in [0.3, 0.4) is 0 Å². The van der Waals surface area contributed by atoms with Crippen LogP contribution in [0, 0.1) is 5.82 Å². The third-order valence-corrected chi connectivity index (χ3v) is 3.23. The molecule has 0 fully saturated rings. The molecule has 104 valence electrons. The third kappa shape index (κ3) is 3.57. The Hall–Kier alpha value is -1.35. The minimum absolute atomic E-state index is 0.125. The largest absolute Gasteiger partial charge is 0.458 e. The zero-order chi connectivity index (χ0) is 14.0. The Kier molecular flexibility index (Phi) is 3.95. The fourth-order valence-corrected chi connectivity index (χ4v) is 2.10. The molecule has 1 aromatic carbocycles. The molecule has 0 saturated carbocycles. The van der Waals surface area contributed by atoms with Gasteiger partial charge in [-0.2, -0.15) is 0 Å². The average molecular weight is 263 g/mol. The van der Waals surface area contributed by atoms with Crippen molar-refractivity contribution in [3.05, 3.63) is 35.8 Å². The van der Waals surface area contributed by atoms with Crippen LogP contribution < -0.4 is 5.32 Å². The van der Waals surface area contributed by atoms with E-state index < -0.39 is 0 Å². The summed E-state index contributed by atoms with van der Waals surface area (Å²) in [5, 5.41) is 4.29. The van der Waals surface area contributed by atoms with E-state index >= 15 is 0 Å². The van der Waals surface area contributed by atoms with E-state index in [9.17, 15) is 4.39 Å². The number of benzene rings is 1. The Morgan fingerprint density at radius 3 is 2.68 bits per heavy atom. The first kappa shape index (κ1) is 14.1. The number of para-hydroxylation sites is 1. The molecule has 3 heteroatoms. The van der Waals surface area contributed by atoms with Gasteiger partial charge in [-0.15, -0.1) is 0 Å². The van der Waals surface area contributed by atoms with Crippen molar-refractivity contribution in [2.45, 2.75) is 45.6 Å². The minimum Gasteiger partial charge on any atom is -0.458 e. The van der Waals surface area contributed by atoms with Crippen LogP contribution in [0.5, 0.6) is 0 Å². The van der Waals surface area contributed by atoms with E-state index in [1.54, 1.807) is 6.07 Å². The summed E-state index contributed by atoms with van der Waals surface area (Å²) < 4.78 is 19.2. The number of furan rings is 1. The van der Waals surface area contributed by atoms with E-state index in [-0.39, 0.29) is 17.3 Å². The molecule has 0 amide bonds. The third-order valence-electron chi connectivity index (χ3n) is 3.23. The second-order valence-corrected chi connectivity index (χ2v) is 6.17. The van der Waals surface area contributed by atoms with Gasteiger partial charge in [-0.05, 0) is 45.9 Å². The Labute approximate surface area is 114 Å². The second-order valence-electron chi connectivity index (χ2n) is 6.17. The van der Waals surface area contributed by atoms with Gasteiger partial charge in [0.25, 0.3) is 0 Å². The van der Waals surface area contributed by atoms with E-state index in [2.05, 4.69) is 33.0 Å². The smallest absolute Gasteiger partial charge is 0.169 e. The summed E-state index contributed by atoms with van der Waals surface area (Å²) in [6, 6.07) is 6.97. The van der Waals surface area contributed by atoms with E-state index in [1.807, 2.05) is 12.1 Å². The van der Waals surface area contributed by atoms with E-state index in [0.29, 0.717) is 5.58 Å². The van der Waals surface area contributed by atoms with Gasteiger partial charge < -0.3 is 9.73 Å². The van der Waals surface area contributed by atoms with E-state index in [0.717, 1.165) is 24.1 Å². The van der Waals surface area contributed by atoms with Crippen molar-refractivity contribution in [1.29, 1.82) is 0 Å². The molecule has 1 N–H and O–H groups in total. The molecule has 1 atom stereocenters. The topological polar surface area (TPSA) is 25.2 Å². The molecule has 0 radical (unpaired) electrons. The number of halogens is 1. The summed E-state index contributed by atoms with van der Waals surface area (Å²) in [5.74, 6) is 0.848. The molecule has 2 aromatic rings. The van der Waals surface area contributed by atoms with E-state index in [1.165, 1.54) is 6.07 Å². The summed E-state index contributed by atoms with van der Waals surface area (Å²) in [5.41, 5.74) is 0.493. The fraction of sp³-hybridized carbons (Fsp3) is 0.500. The lowest BCUT2D eigenvalue weighted by Gasteiger charge is -2.21. The molecular weight excluding hydrogens is 241 g/mol. The number of fused-ring (bicyclic) bond motifs is 1. The van der Waals surface area contributed by atoms with Gasteiger partial charge in [0.05, 0.1) is 0 Å². The van der Waals surface area contributed by atoms with Crippen molar-refractivity contribution in [1.82, 2.24) is 5.32 Å². The van der Waals surface area contributed by atoms with Crippen LogP contribution in [0.2, 0.25) is 0 Å². The monoisotopic (exact) mass is 263 g/mol. The predicted molar refractivity (Wildman–Crippen MR) is 77.0 cm³/mol. The summed E-state index contributed by atoms with van der Waals surface area (Å²) >= 11 is 0. The number of hydrogen-bond acceptors (Lipinski definition) is 2. The molecular formula is C16H22FNO. The number of rotatable bonds is 4. The van der Waals surface area contributed by atoms with Crippen LogP contribution in [0.1, 0.15) is 45.8 Å². The quantitative estimate of drug-likeness (QED) is 0.881. The van der Waals surface area contributed by atoms with Crippen molar-refractivity contribution in [3.8, 4) is 0 Å². The summed E-state index contributed by atoms with van der Waals surface area (Å²) in [6.07, 6.45) is 0.971. The highest BCUT2D eigenvalue weighted by Gasteiger charge is 2.15. The molecule has 0 bridgehead atoms. The van der Waals surface area contributed by atoms with Crippen molar-refractivity contribution in [2.75, 3.05) is 6.54 Å². The second kappa shape index (κ2) is 5.33. The highest BCUT2D eigenvalue weighted by atomic mass is 19.1. The first-order valence-electron chi connectivity index (χ1n) is 6.80. The van der Waals surface area contributed by atoms with Gasteiger partial charge in [0.15, 0.2) is 11.4 Å². The Balaban J connectivity index is 2.05.